The molecule has 0 unspecified atom stereocenters. The molecule has 18 heavy (non-hydrogen) atoms. The van der Waals surface area contributed by atoms with Crippen LogP contribution >= 0.6 is 0 Å². The number of nitro benzene ring substituents is 1. The van der Waals surface area contributed by atoms with E-state index < -0.39 is 25.2 Å². The van der Waals surface area contributed by atoms with Gasteiger partial charge in [-0.15, -0.1) is 0 Å². The molecule has 9 nitrogen and oxygen atoms in total. The molecule has 11 heteroatoms. The van der Waals surface area contributed by atoms with Gasteiger partial charge in [-0.1, -0.05) is 0 Å². The average Bonchev–Trinajstić information content (AvgIpc) is 2.14. The summed E-state index contributed by atoms with van der Waals surface area (Å²) in [4.78, 5) is 9.13. The Morgan fingerprint density at radius 3 is 1.61 bits per heavy atom. The molecule has 0 saturated heterocycles. The zero-order chi connectivity index (χ0) is 14.6. The third kappa shape index (κ3) is 7.67. The first kappa shape index (κ1) is 16.4. The van der Waals surface area contributed by atoms with Crippen LogP contribution in [0.1, 0.15) is 0 Å². The van der Waals surface area contributed by atoms with Crippen LogP contribution in [-0.2, 0) is 20.2 Å². The lowest BCUT2D eigenvalue weighted by molar-refractivity contribution is -0.384. The van der Waals surface area contributed by atoms with Crippen LogP contribution in [0.25, 0.3) is 0 Å². The molecular formula is C7H9NO8S2. The molecule has 0 heterocycles. The van der Waals surface area contributed by atoms with Crippen molar-refractivity contribution in [1.29, 1.82) is 0 Å². The second kappa shape index (κ2) is 5.86. The fourth-order valence-corrected chi connectivity index (χ4v) is 1.22. The van der Waals surface area contributed by atoms with E-state index in [2.05, 4.69) is 0 Å². The topological polar surface area (TPSA) is 152 Å². The largest absolute Gasteiger partial charge is 0.294 e. The molecule has 0 aliphatic carbocycles. The molecule has 1 rings (SSSR count). The van der Waals surface area contributed by atoms with Gasteiger partial charge in [0.15, 0.2) is 0 Å². The van der Waals surface area contributed by atoms with Crippen LogP contribution in [0.15, 0.2) is 29.2 Å². The van der Waals surface area contributed by atoms with E-state index in [1.807, 2.05) is 0 Å². The number of nitro groups is 1. The first-order valence-corrected chi connectivity index (χ1v) is 7.34. The van der Waals surface area contributed by atoms with Gasteiger partial charge >= 0.3 is 0 Å². The number of hydrogen-bond acceptors (Lipinski definition) is 6. The summed E-state index contributed by atoms with van der Waals surface area (Å²) in [6, 6.07) is 3.94. The molecule has 0 amide bonds. The number of hydrogen-bond donors (Lipinski definition) is 2. The van der Waals surface area contributed by atoms with Gasteiger partial charge in [-0.05, 0) is 12.1 Å². The smallest absolute Gasteiger partial charge is 0.286 e. The molecule has 1 aromatic rings. The second-order valence-corrected chi connectivity index (χ2v) is 5.85. The van der Waals surface area contributed by atoms with Gasteiger partial charge in [-0.25, -0.2) is 0 Å². The maximum absolute atomic E-state index is 10.5. The molecule has 1 aromatic carbocycles. The Morgan fingerprint density at radius 2 is 1.39 bits per heavy atom. The summed E-state index contributed by atoms with van der Waals surface area (Å²) >= 11 is 0. The molecule has 0 saturated carbocycles. The van der Waals surface area contributed by atoms with Gasteiger partial charge in [0.05, 0.1) is 16.1 Å². The van der Waals surface area contributed by atoms with E-state index in [1.54, 1.807) is 0 Å². The first-order valence-electron chi connectivity index (χ1n) is 4.05. The van der Waals surface area contributed by atoms with Crippen molar-refractivity contribution in [1.82, 2.24) is 0 Å². The normalized spacial score (nSPS) is 11.3. The predicted octanol–water partition coefficient (Wildman–Crippen LogP) is 0.346. The van der Waals surface area contributed by atoms with Crippen molar-refractivity contribution in [3.63, 3.8) is 0 Å². The molecule has 0 atom stereocenters. The molecule has 0 aromatic heterocycles. The number of rotatable bonds is 2. The third-order valence-electron chi connectivity index (χ3n) is 1.35. The van der Waals surface area contributed by atoms with Crippen molar-refractivity contribution < 1.29 is 30.9 Å². The molecule has 0 fully saturated rings. The Bertz CT molecular complexity index is 608. The third-order valence-corrected chi connectivity index (χ3v) is 2.21. The first-order chi connectivity index (χ1) is 7.91. The molecule has 102 valence electrons. The summed E-state index contributed by atoms with van der Waals surface area (Å²) < 4.78 is 55.4. The van der Waals surface area contributed by atoms with E-state index in [-0.39, 0.29) is 10.6 Å². The predicted molar refractivity (Wildman–Crippen MR) is 60.4 cm³/mol. The van der Waals surface area contributed by atoms with Gasteiger partial charge in [0, 0.05) is 12.1 Å². The van der Waals surface area contributed by atoms with Gasteiger partial charge in [0.1, 0.15) is 0 Å². The minimum absolute atomic E-state index is 0.229. The highest BCUT2D eigenvalue weighted by Crippen LogP contribution is 2.14. The molecule has 2 N–H and O–H groups in total. The van der Waals surface area contributed by atoms with Crippen molar-refractivity contribution in [3.8, 4) is 0 Å². The Balaban J connectivity index is 0.000000494. The highest BCUT2D eigenvalue weighted by molar-refractivity contribution is 7.85. The van der Waals surface area contributed by atoms with Crippen LogP contribution in [0.5, 0.6) is 0 Å². The van der Waals surface area contributed by atoms with Gasteiger partial charge in [0.25, 0.3) is 25.9 Å². The zero-order valence-corrected chi connectivity index (χ0v) is 10.6. The van der Waals surface area contributed by atoms with E-state index in [0.29, 0.717) is 6.26 Å². The Kier molecular flexibility index (Phi) is 5.35. The lowest BCUT2D eigenvalue weighted by atomic mass is 10.3. The van der Waals surface area contributed by atoms with E-state index in [1.165, 1.54) is 0 Å². The average molecular weight is 299 g/mol. The van der Waals surface area contributed by atoms with E-state index in [9.17, 15) is 26.9 Å². The van der Waals surface area contributed by atoms with E-state index >= 15 is 0 Å². The van der Waals surface area contributed by atoms with E-state index in [4.69, 9.17) is 9.11 Å². The highest BCUT2D eigenvalue weighted by Gasteiger charge is 2.11. The number of benzene rings is 1. The van der Waals surface area contributed by atoms with Crippen LogP contribution in [0, 0.1) is 10.1 Å². The summed E-state index contributed by atoms with van der Waals surface area (Å²) in [6.45, 7) is 0. The number of non-ortho nitro benzene ring substituents is 1. The minimum atomic E-state index is -4.27. The monoisotopic (exact) mass is 299 g/mol. The van der Waals surface area contributed by atoms with Crippen molar-refractivity contribution in [2.75, 3.05) is 6.26 Å². The fraction of sp³-hybridized carbons (Fsp3) is 0.143. The van der Waals surface area contributed by atoms with Gasteiger partial charge in [0.2, 0.25) is 0 Å². The number of nitrogens with zero attached hydrogens (tertiary/aromatic N) is 1. The van der Waals surface area contributed by atoms with E-state index in [0.717, 1.165) is 24.3 Å². The fourth-order valence-electron chi connectivity index (χ4n) is 0.740. The van der Waals surface area contributed by atoms with Crippen LogP contribution in [-0.4, -0.2) is 37.1 Å². The van der Waals surface area contributed by atoms with Crippen LogP contribution in [0.2, 0.25) is 0 Å². The standard InChI is InChI=1S/C6H5NO5S.CH4O3S/c8-7(9)5-1-3-6(4-2-5)13(10,11)12;1-5(2,3)4/h1-4H,(H,10,11,12);1H3,(H,2,3,4). The van der Waals surface area contributed by atoms with Crippen LogP contribution in [0.3, 0.4) is 0 Å². The highest BCUT2D eigenvalue weighted by atomic mass is 32.2. The Labute approximate surface area is 103 Å². The maximum Gasteiger partial charge on any atom is 0.294 e. The molecule has 0 bridgehead atoms. The quantitative estimate of drug-likeness (QED) is 0.450. The zero-order valence-electron chi connectivity index (χ0n) is 8.92. The van der Waals surface area contributed by atoms with Crippen molar-refractivity contribution >= 4 is 25.9 Å². The summed E-state index contributed by atoms with van der Waals surface area (Å²) in [5.74, 6) is 0. The van der Waals surface area contributed by atoms with Gasteiger partial charge in [-0.2, -0.15) is 16.8 Å². The van der Waals surface area contributed by atoms with Crippen molar-refractivity contribution in [2.45, 2.75) is 4.90 Å². The van der Waals surface area contributed by atoms with Crippen LogP contribution in [0.4, 0.5) is 5.69 Å². The van der Waals surface area contributed by atoms with Crippen molar-refractivity contribution in [2.24, 2.45) is 0 Å². The minimum Gasteiger partial charge on any atom is -0.286 e. The molecule has 0 spiro atoms. The molecular weight excluding hydrogens is 290 g/mol. The summed E-state index contributed by atoms with van der Waals surface area (Å²) in [7, 11) is -7.93. The summed E-state index contributed by atoms with van der Waals surface area (Å²) in [6.07, 6.45) is 0.715. The SMILES string of the molecule is CS(=O)(=O)O.O=[N+]([O-])c1ccc(S(=O)(=O)O)cc1. The lowest BCUT2D eigenvalue weighted by Crippen LogP contribution is -1.97. The van der Waals surface area contributed by atoms with Gasteiger partial charge < -0.3 is 0 Å². The van der Waals surface area contributed by atoms with Gasteiger partial charge in [-0.3, -0.25) is 19.2 Å². The molecule has 0 aliphatic heterocycles. The van der Waals surface area contributed by atoms with Crippen LogP contribution < -0.4 is 0 Å². The summed E-state index contributed by atoms with van der Waals surface area (Å²) in [5, 5.41) is 10.2. The maximum atomic E-state index is 10.5. The lowest BCUT2D eigenvalue weighted by Gasteiger charge is -1.94. The molecule has 0 aliphatic rings. The Hall–Kier alpha value is -1.56. The Morgan fingerprint density at radius 1 is 1.06 bits per heavy atom. The molecule has 0 radical (unpaired) electrons. The van der Waals surface area contributed by atoms with Crippen molar-refractivity contribution in [3.05, 3.63) is 34.4 Å². The summed E-state index contributed by atoms with van der Waals surface area (Å²) in [5.41, 5.74) is -0.229. The second-order valence-electron chi connectivity index (χ2n) is 2.96.